The Labute approximate surface area is 180 Å². The van der Waals surface area contributed by atoms with Crippen LogP contribution in [0.15, 0.2) is 54.6 Å². The van der Waals surface area contributed by atoms with E-state index < -0.39 is 11.9 Å². The number of nitrogens with two attached hydrogens (primary N) is 1. The van der Waals surface area contributed by atoms with Gasteiger partial charge in [0.25, 0.3) is 0 Å². The lowest BCUT2D eigenvalue weighted by atomic mass is 10.00. The topological polar surface area (TPSA) is 132 Å². The highest BCUT2D eigenvalue weighted by molar-refractivity contribution is 5.89. The van der Waals surface area contributed by atoms with Crippen LogP contribution in [0.25, 0.3) is 0 Å². The third-order valence-electron chi connectivity index (χ3n) is 4.45. The highest BCUT2D eigenvalue weighted by atomic mass is 16.5. The molecule has 0 radical (unpaired) electrons. The molecule has 2 aromatic rings. The number of carboxylic acid groups (broad SMARTS) is 2. The van der Waals surface area contributed by atoms with Gasteiger partial charge in [0.05, 0.1) is 20.8 Å². The molecule has 31 heavy (non-hydrogen) atoms. The fourth-order valence-corrected chi connectivity index (χ4v) is 3.03. The van der Waals surface area contributed by atoms with Crippen molar-refractivity contribution >= 4 is 11.9 Å². The number of para-hydroxylation sites is 1. The van der Waals surface area contributed by atoms with Gasteiger partial charge >= 0.3 is 11.9 Å². The summed E-state index contributed by atoms with van der Waals surface area (Å²) in [6.45, 7) is 1.40. The van der Waals surface area contributed by atoms with Crippen molar-refractivity contribution in [3.8, 4) is 17.2 Å². The average Bonchev–Trinajstić information content (AvgIpc) is 2.90. The van der Waals surface area contributed by atoms with E-state index in [1.165, 1.54) is 5.56 Å². The van der Waals surface area contributed by atoms with E-state index in [4.69, 9.17) is 30.3 Å². The molecular formula is C22H26N2O7. The molecule has 166 valence electrons. The molecule has 0 aromatic heterocycles. The SMILES string of the molecule is COc1cc2c(cc1OC)C(Oc1ccccc1)CN(N)CC2.O=C(O)C=CC(=O)O. The summed E-state index contributed by atoms with van der Waals surface area (Å²) in [5.74, 6) is 5.84. The number of rotatable bonds is 6. The Kier molecular flexibility index (Phi) is 8.86. The maximum absolute atomic E-state index is 9.55. The van der Waals surface area contributed by atoms with Crippen molar-refractivity contribution in [3.05, 3.63) is 65.7 Å². The molecule has 2 aromatic carbocycles. The number of hydrogen-bond donors (Lipinski definition) is 3. The van der Waals surface area contributed by atoms with Crippen LogP contribution < -0.4 is 20.1 Å². The van der Waals surface area contributed by atoms with E-state index in [9.17, 15) is 9.59 Å². The van der Waals surface area contributed by atoms with Crippen molar-refractivity contribution in [1.29, 1.82) is 0 Å². The highest BCUT2D eigenvalue weighted by Crippen LogP contribution is 2.36. The van der Waals surface area contributed by atoms with Crippen LogP contribution in [0.4, 0.5) is 0 Å². The Balaban J connectivity index is 0.000000366. The molecule has 9 heteroatoms. The molecule has 4 N–H and O–H groups in total. The molecule has 1 heterocycles. The predicted octanol–water partition coefficient (Wildman–Crippen LogP) is 2.27. The summed E-state index contributed by atoms with van der Waals surface area (Å²) in [5, 5.41) is 17.4. The summed E-state index contributed by atoms with van der Waals surface area (Å²) >= 11 is 0. The number of ether oxygens (including phenoxy) is 3. The first-order valence-electron chi connectivity index (χ1n) is 9.44. The third-order valence-corrected chi connectivity index (χ3v) is 4.45. The maximum Gasteiger partial charge on any atom is 0.328 e. The number of fused-ring (bicyclic) bond motifs is 1. The highest BCUT2D eigenvalue weighted by Gasteiger charge is 2.25. The molecule has 0 spiro atoms. The Hall–Kier alpha value is -3.56. The molecule has 1 aliphatic heterocycles. The van der Waals surface area contributed by atoms with Gasteiger partial charge in [0.15, 0.2) is 11.5 Å². The zero-order valence-electron chi connectivity index (χ0n) is 17.4. The van der Waals surface area contributed by atoms with E-state index in [1.54, 1.807) is 19.2 Å². The summed E-state index contributed by atoms with van der Waals surface area (Å²) < 4.78 is 17.0. The van der Waals surface area contributed by atoms with Gasteiger partial charge in [0.1, 0.15) is 11.9 Å². The standard InChI is InChI=1S/C18H22N2O3.C4H4O4/c1-21-16-10-13-8-9-20(19)12-18(15(13)11-17(16)22-2)23-14-6-4-3-5-7-14;5-3(6)1-2-4(7)8/h3-7,10-11,18H,8-9,12,19H2,1-2H3;1-2H,(H,5,6)(H,7,8). The zero-order chi connectivity index (χ0) is 22.8. The molecule has 1 atom stereocenters. The normalized spacial score (nSPS) is 15.8. The second-order valence-corrected chi connectivity index (χ2v) is 6.58. The van der Waals surface area contributed by atoms with Crippen LogP contribution in [0.1, 0.15) is 17.2 Å². The molecule has 0 saturated heterocycles. The average molecular weight is 430 g/mol. The van der Waals surface area contributed by atoms with Crippen molar-refractivity contribution < 1.29 is 34.0 Å². The van der Waals surface area contributed by atoms with Crippen LogP contribution in [-0.4, -0.2) is 54.5 Å². The monoisotopic (exact) mass is 430 g/mol. The zero-order valence-corrected chi connectivity index (χ0v) is 17.4. The Morgan fingerprint density at radius 1 is 1.03 bits per heavy atom. The van der Waals surface area contributed by atoms with Gasteiger partial charge in [0.2, 0.25) is 0 Å². The van der Waals surface area contributed by atoms with Crippen molar-refractivity contribution in [1.82, 2.24) is 5.01 Å². The van der Waals surface area contributed by atoms with Crippen LogP contribution in [0.3, 0.4) is 0 Å². The molecule has 9 nitrogen and oxygen atoms in total. The number of hydrazine groups is 1. The largest absolute Gasteiger partial charge is 0.493 e. The van der Waals surface area contributed by atoms with E-state index in [0.717, 1.165) is 30.0 Å². The van der Waals surface area contributed by atoms with Gasteiger partial charge < -0.3 is 24.4 Å². The number of carboxylic acids is 2. The molecule has 1 aliphatic rings. The van der Waals surface area contributed by atoms with Crippen LogP contribution in [0.5, 0.6) is 17.2 Å². The number of nitrogens with zero attached hydrogens (tertiary/aromatic N) is 1. The van der Waals surface area contributed by atoms with Gasteiger partial charge in [-0.3, -0.25) is 5.84 Å². The van der Waals surface area contributed by atoms with Gasteiger partial charge in [-0.1, -0.05) is 18.2 Å². The lowest BCUT2D eigenvalue weighted by molar-refractivity contribution is -0.134. The van der Waals surface area contributed by atoms with E-state index in [0.29, 0.717) is 24.4 Å². The molecule has 0 saturated carbocycles. The fraction of sp³-hybridized carbons (Fsp3) is 0.273. The minimum Gasteiger partial charge on any atom is -0.493 e. The minimum absolute atomic E-state index is 0.153. The first kappa shape index (κ1) is 23.7. The summed E-state index contributed by atoms with van der Waals surface area (Å²) in [4.78, 5) is 19.1. The summed E-state index contributed by atoms with van der Waals surface area (Å²) in [6, 6.07) is 13.8. The van der Waals surface area contributed by atoms with Crippen LogP contribution in [-0.2, 0) is 16.0 Å². The summed E-state index contributed by atoms with van der Waals surface area (Å²) in [5.41, 5.74) is 2.27. The van der Waals surface area contributed by atoms with Crippen LogP contribution >= 0.6 is 0 Å². The number of carbonyl (C=O) groups is 2. The number of hydrogen-bond acceptors (Lipinski definition) is 7. The number of aliphatic carboxylic acids is 2. The number of benzene rings is 2. The van der Waals surface area contributed by atoms with Gasteiger partial charge in [-0.05, 0) is 36.2 Å². The van der Waals surface area contributed by atoms with Crippen molar-refractivity contribution in [2.45, 2.75) is 12.5 Å². The predicted molar refractivity (Wildman–Crippen MR) is 113 cm³/mol. The second kappa shape index (κ2) is 11.6. The molecule has 3 rings (SSSR count). The lowest BCUT2D eigenvalue weighted by Gasteiger charge is -2.23. The molecule has 0 aliphatic carbocycles. The first-order chi connectivity index (χ1) is 14.8. The lowest BCUT2D eigenvalue weighted by Crippen LogP contribution is -2.36. The van der Waals surface area contributed by atoms with Crippen molar-refractivity contribution in [2.24, 2.45) is 5.84 Å². The maximum atomic E-state index is 9.55. The van der Waals surface area contributed by atoms with Gasteiger partial charge in [-0.2, -0.15) is 0 Å². The smallest absolute Gasteiger partial charge is 0.328 e. The second-order valence-electron chi connectivity index (χ2n) is 6.58. The van der Waals surface area contributed by atoms with Crippen LogP contribution in [0, 0.1) is 0 Å². The van der Waals surface area contributed by atoms with E-state index in [2.05, 4.69) is 0 Å². The van der Waals surface area contributed by atoms with Crippen molar-refractivity contribution in [2.75, 3.05) is 27.3 Å². The molecule has 0 bridgehead atoms. The summed E-state index contributed by atoms with van der Waals surface area (Å²) in [7, 11) is 3.29. The van der Waals surface area contributed by atoms with Crippen molar-refractivity contribution in [3.63, 3.8) is 0 Å². The molecule has 0 amide bonds. The fourth-order valence-electron chi connectivity index (χ4n) is 3.03. The molecule has 1 unspecified atom stereocenters. The Morgan fingerprint density at radius 3 is 2.16 bits per heavy atom. The Morgan fingerprint density at radius 2 is 1.61 bits per heavy atom. The minimum atomic E-state index is -1.26. The number of methoxy groups -OCH3 is 2. The quantitative estimate of drug-likeness (QED) is 0.466. The van der Waals surface area contributed by atoms with E-state index in [1.807, 2.05) is 42.5 Å². The molecule has 0 fully saturated rings. The van der Waals surface area contributed by atoms with E-state index >= 15 is 0 Å². The van der Waals surface area contributed by atoms with Gasteiger partial charge in [0, 0.05) is 24.3 Å². The third kappa shape index (κ3) is 7.32. The molecular weight excluding hydrogens is 404 g/mol. The van der Waals surface area contributed by atoms with Gasteiger partial charge in [-0.15, -0.1) is 0 Å². The van der Waals surface area contributed by atoms with Crippen LogP contribution in [0.2, 0.25) is 0 Å². The summed E-state index contributed by atoms with van der Waals surface area (Å²) in [6.07, 6.45) is 1.81. The van der Waals surface area contributed by atoms with E-state index in [-0.39, 0.29) is 6.10 Å². The first-order valence-corrected chi connectivity index (χ1v) is 9.44. The van der Waals surface area contributed by atoms with Gasteiger partial charge in [-0.25, -0.2) is 14.6 Å². The Bertz CT molecular complexity index is 900.